The Hall–Kier alpha value is -2.21. The van der Waals surface area contributed by atoms with Crippen LogP contribution in [0.2, 0.25) is 10.0 Å². The molecule has 0 unspecified atom stereocenters. The highest BCUT2D eigenvalue weighted by atomic mass is 35.5. The van der Waals surface area contributed by atoms with Gasteiger partial charge in [0.05, 0.1) is 16.3 Å². The number of halogens is 2. The molecular weight excluding hydrogens is 465 g/mol. The van der Waals surface area contributed by atoms with Crippen molar-refractivity contribution in [3.05, 3.63) is 87.6 Å². The molecule has 0 heterocycles. The predicted octanol–water partition coefficient (Wildman–Crippen LogP) is 7.14. The van der Waals surface area contributed by atoms with Crippen LogP contribution in [0.4, 0.5) is 0 Å². The summed E-state index contributed by atoms with van der Waals surface area (Å²) in [6.45, 7) is 0. The van der Waals surface area contributed by atoms with Gasteiger partial charge >= 0.3 is 5.97 Å². The lowest BCUT2D eigenvalue weighted by atomic mass is 9.93. The van der Waals surface area contributed by atoms with Gasteiger partial charge in [-0.05, 0) is 48.9 Å². The predicted molar refractivity (Wildman–Crippen MR) is 133 cm³/mol. The lowest BCUT2D eigenvalue weighted by Crippen LogP contribution is -2.41. The number of carboxylic acid groups (broad SMARTS) is 1. The zero-order valence-corrected chi connectivity index (χ0v) is 20.1. The molecular formula is C25H25Cl2NO3S. The van der Waals surface area contributed by atoms with Crippen molar-refractivity contribution in [1.82, 2.24) is 4.90 Å². The average Bonchev–Trinajstić information content (AvgIpc) is 2.78. The van der Waals surface area contributed by atoms with Gasteiger partial charge < -0.3 is 10.0 Å². The van der Waals surface area contributed by atoms with E-state index >= 15 is 0 Å². The van der Waals surface area contributed by atoms with Crippen molar-refractivity contribution in [1.29, 1.82) is 0 Å². The Labute approximate surface area is 202 Å². The second kappa shape index (κ2) is 11.6. The van der Waals surface area contributed by atoms with E-state index in [-0.39, 0.29) is 17.0 Å². The van der Waals surface area contributed by atoms with Gasteiger partial charge in [-0.3, -0.25) is 4.79 Å². The monoisotopic (exact) mass is 489 g/mol. The fraction of sp³-hybridized carbons (Fsp3) is 0.280. The Bertz CT molecular complexity index is 1030. The summed E-state index contributed by atoms with van der Waals surface area (Å²) in [5.41, 5.74) is 1.60. The van der Waals surface area contributed by atoms with Crippen LogP contribution in [0.5, 0.6) is 0 Å². The van der Waals surface area contributed by atoms with E-state index in [1.54, 1.807) is 23.1 Å². The number of nitrogens with zero attached hydrogens (tertiary/aromatic N) is 1. The highest BCUT2D eigenvalue weighted by Gasteiger charge is 2.30. The molecule has 1 saturated carbocycles. The third-order valence-electron chi connectivity index (χ3n) is 5.43. The first-order valence-electron chi connectivity index (χ1n) is 10.4. The Morgan fingerprint density at radius 3 is 2.31 bits per heavy atom. The number of hydrogen-bond acceptors (Lipinski definition) is 3. The summed E-state index contributed by atoms with van der Waals surface area (Å²) in [4.78, 5) is 28.0. The molecule has 3 rings (SSSR count). The first kappa shape index (κ1) is 24.4. The first-order valence-corrected chi connectivity index (χ1v) is 12.4. The SMILES string of the molecule is CS/C(=C\C(=C\C(=O)O)N(C(=O)c1ccc(Cl)cc1Cl)C1CCCCC1)c1ccccc1. The highest BCUT2D eigenvalue weighted by Crippen LogP contribution is 2.33. The van der Waals surface area contributed by atoms with Crippen LogP contribution in [0.3, 0.4) is 0 Å². The second-order valence-electron chi connectivity index (χ2n) is 7.58. The number of carbonyl (C=O) groups is 2. The maximum Gasteiger partial charge on any atom is 0.330 e. The Morgan fingerprint density at radius 2 is 1.72 bits per heavy atom. The maximum atomic E-state index is 13.7. The molecule has 0 aromatic heterocycles. The molecule has 0 saturated heterocycles. The van der Waals surface area contributed by atoms with Crippen LogP contribution in [0.1, 0.15) is 48.0 Å². The molecule has 7 heteroatoms. The average molecular weight is 490 g/mol. The van der Waals surface area contributed by atoms with Gasteiger partial charge in [-0.2, -0.15) is 0 Å². The number of benzene rings is 2. The summed E-state index contributed by atoms with van der Waals surface area (Å²) in [5, 5.41) is 10.3. The molecule has 0 atom stereocenters. The van der Waals surface area contributed by atoms with Gasteiger partial charge in [0.2, 0.25) is 0 Å². The topological polar surface area (TPSA) is 57.6 Å². The van der Waals surface area contributed by atoms with Crippen LogP contribution in [-0.2, 0) is 4.79 Å². The second-order valence-corrected chi connectivity index (χ2v) is 9.27. The maximum absolute atomic E-state index is 13.7. The molecule has 1 amide bonds. The molecule has 2 aromatic rings. The van der Waals surface area contributed by atoms with E-state index in [1.165, 1.54) is 17.8 Å². The van der Waals surface area contributed by atoms with Gasteiger partial charge in [-0.25, -0.2) is 4.79 Å². The minimum atomic E-state index is -1.11. The number of allylic oxidation sites excluding steroid dienone is 1. The minimum Gasteiger partial charge on any atom is -0.478 e. The summed E-state index contributed by atoms with van der Waals surface area (Å²) in [6.07, 6.45) is 9.51. The number of carboxylic acids is 1. The van der Waals surface area contributed by atoms with E-state index in [1.807, 2.05) is 36.6 Å². The molecule has 1 fully saturated rings. The van der Waals surface area contributed by atoms with Gasteiger partial charge in [0.1, 0.15) is 0 Å². The normalized spacial score (nSPS) is 15.5. The van der Waals surface area contributed by atoms with Crippen LogP contribution < -0.4 is 0 Å². The van der Waals surface area contributed by atoms with Crippen molar-refractivity contribution in [2.24, 2.45) is 0 Å². The number of aliphatic carboxylic acids is 1. The fourth-order valence-corrected chi connectivity index (χ4v) is 5.03. The molecule has 1 aliphatic rings. The number of hydrogen-bond donors (Lipinski definition) is 1. The molecule has 32 heavy (non-hydrogen) atoms. The summed E-state index contributed by atoms with van der Waals surface area (Å²) in [7, 11) is 0. The summed E-state index contributed by atoms with van der Waals surface area (Å²) >= 11 is 13.9. The van der Waals surface area contributed by atoms with Crippen molar-refractivity contribution in [2.75, 3.05) is 6.26 Å². The van der Waals surface area contributed by atoms with Crippen molar-refractivity contribution < 1.29 is 14.7 Å². The van der Waals surface area contributed by atoms with E-state index in [2.05, 4.69) is 0 Å². The number of rotatable bonds is 7. The molecule has 0 aliphatic heterocycles. The molecule has 1 aliphatic carbocycles. The Balaban J connectivity index is 2.13. The summed E-state index contributed by atoms with van der Waals surface area (Å²) < 4.78 is 0. The van der Waals surface area contributed by atoms with Crippen LogP contribution in [0.25, 0.3) is 4.91 Å². The van der Waals surface area contributed by atoms with Crippen molar-refractivity contribution >= 4 is 51.7 Å². The van der Waals surface area contributed by atoms with Gasteiger partial charge in [0.15, 0.2) is 0 Å². The van der Waals surface area contributed by atoms with E-state index in [9.17, 15) is 14.7 Å². The van der Waals surface area contributed by atoms with Crippen LogP contribution in [0, 0.1) is 0 Å². The van der Waals surface area contributed by atoms with Gasteiger partial charge in [0.25, 0.3) is 5.91 Å². The van der Waals surface area contributed by atoms with Gasteiger partial charge in [-0.15, -0.1) is 11.8 Å². The molecule has 2 aromatic carbocycles. The smallest absolute Gasteiger partial charge is 0.330 e. The zero-order valence-electron chi connectivity index (χ0n) is 17.8. The van der Waals surface area contributed by atoms with Crippen LogP contribution in [0.15, 0.2) is 66.4 Å². The summed E-state index contributed by atoms with van der Waals surface area (Å²) in [5.74, 6) is -1.43. The molecule has 4 nitrogen and oxygen atoms in total. The largest absolute Gasteiger partial charge is 0.478 e. The molecule has 0 spiro atoms. The van der Waals surface area contributed by atoms with E-state index in [0.717, 1.165) is 48.6 Å². The van der Waals surface area contributed by atoms with E-state index < -0.39 is 5.97 Å². The highest BCUT2D eigenvalue weighted by molar-refractivity contribution is 8.07. The third-order valence-corrected chi connectivity index (χ3v) is 6.77. The van der Waals surface area contributed by atoms with Crippen molar-refractivity contribution in [2.45, 2.75) is 38.1 Å². The molecule has 1 N–H and O–H groups in total. The van der Waals surface area contributed by atoms with Crippen LogP contribution in [-0.4, -0.2) is 34.2 Å². The zero-order chi connectivity index (χ0) is 23.1. The molecule has 0 radical (unpaired) electrons. The first-order chi connectivity index (χ1) is 15.4. The van der Waals surface area contributed by atoms with Crippen LogP contribution >= 0.6 is 35.0 Å². The number of carbonyl (C=O) groups excluding carboxylic acids is 1. The molecule has 168 valence electrons. The fourth-order valence-electron chi connectivity index (χ4n) is 3.93. The van der Waals surface area contributed by atoms with Crippen molar-refractivity contribution in [3.8, 4) is 0 Å². The summed E-state index contributed by atoms with van der Waals surface area (Å²) in [6, 6.07) is 14.3. The number of thioether (sulfide) groups is 1. The van der Waals surface area contributed by atoms with E-state index in [0.29, 0.717) is 16.3 Å². The third kappa shape index (κ3) is 6.18. The number of amides is 1. The minimum absolute atomic E-state index is 0.108. The molecule has 0 bridgehead atoms. The standard InChI is InChI=1S/C25H25Cl2NO3S/c1-32-23(17-8-4-2-5-9-17)15-20(16-24(29)30)28(19-10-6-3-7-11-19)25(31)21-13-12-18(26)14-22(21)27/h2,4-5,8-9,12-16,19H,3,6-7,10-11H2,1H3,(H,29,30)/b20-16-,23-15-. The quantitative estimate of drug-likeness (QED) is 0.331. The Kier molecular flexibility index (Phi) is 8.85. The van der Waals surface area contributed by atoms with Gasteiger partial charge in [0, 0.05) is 22.0 Å². The Morgan fingerprint density at radius 1 is 1.03 bits per heavy atom. The lowest BCUT2D eigenvalue weighted by molar-refractivity contribution is -0.131. The lowest BCUT2D eigenvalue weighted by Gasteiger charge is -2.35. The van der Waals surface area contributed by atoms with Crippen molar-refractivity contribution in [3.63, 3.8) is 0 Å². The van der Waals surface area contributed by atoms with E-state index in [4.69, 9.17) is 23.2 Å². The van der Waals surface area contributed by atoms with Gasteiger partial charge in [-0.1, -0.05) is 72.8 Å².